The Morgan fingerprint density at radius 1 is 1.09 bits per heavy atom. The Balaban J connectivity index is 0.00000306. The molecule has 0 bridgehead atoms. The molecule has 1 heterocycles. The monoisotopic (exact) mass is 484 g/mol. The highest BCUT2D eigenvalue weighted by molar-refractivity contribution is 6.37. The van der Waals surface area contributed by atoms with Crippen molar-refractivity contribution in [3.05, 3.63) is 88.4 Å². The van der Waals surface area contributed by atoms with Crippen LogP contribution in [0.15, 0.2) is 66.7 Å². The van der Waals surface area contributed by atoms with Crippen LogP contribution in [-0.2, 0) is 20.7 Å². The lowest BCUT2D eigenvalue weighted by Crippen LogP contribution is -2.33. The van der Waals surface area contributed by atoms with Gasteiger partial charge in [0, 0.05) is 16.8 Å². The first-order chi connectivity index (χ1) is 15.4. The molecule has 1 unspecified atom stereocenters. The second-order valence-electron chi connectivity index (χ2n) is 7.32. The molecular weight excluding hydrogens is 463 g/mol. The molecule has 1 aliphatic rings. The van der Waals surface area contributed by atoms with Crippen molar-refractivity contribution < 1.29 is 19.1 Å². The van der Waals surface area contributed by atoms with Crippen LogP contribution in [0.3, 0.4) is 0 Å². The maximum absolute atomic E-state index is 12.3. The fourth-order valence-corrected chi connectivity index (χ4v) is 3.67. The Morgan fingerprint density at radius 2 is 1.79 bits per heavy atom. The molecule has 3 N–H and O–H groups in total. The fraction of sp³-hybridized carbons (Fsp3) is 0.120. The summed E-state index contributed by atoms with van der Waals surface area (Å²) in [5.41, 5.74) is 9.61. The number of rotatable bonds is 6. The van der Waals surface area contributed by atoms with E-state index >= 15 is 0 Å². The number of fused-ring (bicyclic) bond motifs is 1. The van der Waals surface area contributed by atoms with Crippen LogP contribution < -0.4 is 15.8 Å². The van der Waals surface area contributed by atoms with Gasteiger partial charge >= 0.3 is 5.97 Å². The highest BCUT2D eigenvalue weighted by Crippen LogP contribution is 2.35. The van der Waals surface area contributed by atoms with Crippen molar-refractivity contribution in [1.29, 1.82) is 0 Å². The van der Waals surface area contributed by atoms with Gasteiger partial charge in [-0.1, -0.05) is 41.9 Å². The average molecular weight is 485 g/mol. The van der Waals surface area contributed by atoms with Gasteiger partial charge in [-0.15, -0.1) is 12.4 Å². The molecule has 0 aromatic heterocycles. The maximum Gasteiger partial charge on any atom is 0.322 e. The van der Waals surface area contributed by atoms with E-state index in [9.17, 15) is 9.59 Å². The highest BCUT2D eigenvalue weighted by atomic mass is 35.5. The first kappa shape index (κ1) is 24.3. The summed E-state index contributed by atoms with van der Waals surface area (Å²) in [5.74, 6) is 0.572. The van der Waals surface area contributed by atoms with Crippen molar-refractivity contribution in [2.75, 3.05) is 12.4 Å². The maximum atomic E-state index is 12.3. The summed E-state index contributed by atoms with van der Waals surface area (Å²) in [5, 5.41) is 3.31. The lowest BCUT2D eigenvalue weighted by molar-refractivity contribution is -0.142. The standard InChI is InChI=1S/C25H21ClN2O4.ClH/c1-31-25(30)22(27)12-15-6-9-17(10-7-15)32-18-11-8-16(21(26)14-18)13-20-19-4-2-3-5-23(19)28-24(20)29;/h2-11,13-14,22H,12,27H2,1H3,(H,28,29);1H/b20-13+;. The molecule has 0 radical (unpaired) electrons. The molecule has 0 fully saturated rings. The van der Waals surface area contributed by atoms with Gasteiger partial charge in [0.25, 0.3) is 5.91 Å². The van der Waals surface area contributed by atoms with Crippen molar-refractivity contribution >= 4 is 53.2 Å². The minimum atomic E-state index is -0.707. The van der Waals surface area contributed by atoms with E-state index in [1.54, 1.807) is 30.3 Å². The molecule has 3 aromatic rings. The van der Waals surface area contributed by atoms with Crippen LogP contribution >= 0.6 is 24.0 Å². The molecule has 170 valence electrons. The van der Waals surface area contributed by atoms with Crippen LogP contribution in [0.25, 0.3) is 11.6 Å². The predicted molar refractivity (Wildman–Crippen MR) is 132 cm³/mol. The largest absolute Gasteiger partial charge is 0.468 e. The van der Waals surface area contributed by atoms with Crippen LogP contribution in [-0.4, -0.2) is 25.0 Å². The number of ether oxygens (including phenoxy) is 2. The van der Waals surface area contributed by atoms with Crippen molar-refractivity contribution in [1.82, 2.24) is 0 Å². The second-order valence-corrected chi connectivity index (χ2v) is 7.73. The number of para-hydroxylation sites is 1. The third-order valence-electron chi connectivity index (χ3n) is 5.10. The van der Waals surface area contributed by atoms with Gasteiger partial charge in [0.15, 0.2) is 0 Å². The van der Waals surface area contributed by atoms with Crippen molar-refractivity contribution in [3.8, 4) is 11.5 Å². The van der Waals surface area contributed by atoms with Crippen molar-refractivity contribution in [3.63, 3.8) is 0 Å². The number of amides is 1. The smallest absolute Gasteiger partial charge is 0.322 e. The van der Waals surface area contributed by atoms with Crippen LogP contribution in [0.4, 0.5) is 5.69 Å². The van der Waals surface area contributed by atoms with Gasteiger partial charge in [-0.25, -0.2) is 0 Å². The molecule has 1 atom stereocenters. The molecule has 1 amide bonds. The number of nitrogens with two attached hydrogens (primary N) is 1. The predicted octanol–water partition coefficient (Wildman–Crippen LogP) is 5.09. The third kappa shape index (κ3) is 5.54. The summed E-state index contributed by atoms with van der Waals surface area (Å²) in [6.45, 7) is 0. The normalized spacial score (nSPS) is 14.2. The SMILES string of the molecule is COC(=O)C(N)Cc1ccc(Oc2ccc(/C=C3/C(=O)Nc4ccccc43)c(Cl)c2)cc1.Cl. The van der Waals surface area contributed by atoms with E-state index < -0.39 is 12.0 Å². The first-order valence-electron chi connectivity index (χ1n) is 9.97. The summed E-state index contributed by atoms with van der Waals surface area (Å²) < 4.78 is 10.5. The number of carbonyl (C=O) groups is 2. The van der Waals surface area contributed by atoms with E-state index in [1.807, 2.05) is 42.5 Å². The first-order valence-corrected chi connectivity index (χ1v) is 10.3. The van der Waals surface area contributed by atoms with E-state index in [4.69, 9.17) is 22.1 Å². The number of halogens is 2. The van der Waals surface area contributed by atoms with Gasteiger partial charge in [-0.2, -0.15) is 0 Å². The van der Waals surface area contributed by atoms with Gasteiger partial charge in [0.1, 0.15) is 17.5 Å². The van der Waals surface area contributed by atoms with E-state index in [1.165, 1.54) is 7.11 Å². The number of anilines is 1. The molecule has 6 nitrogen and oxygen atoms in total. The number of benzene rings is 3. The molecule has 0 aliphatic carbocycles. The molecule has 1 aliphatic heterocycles. The molecule has 33 heavy (non-hydrogen) atoms. The molecule has 0 spiro atoms. The van der Waals surface area contributed by atoms with Crippen LogP contribution in [0.2, 0.25) is 5.02 Å². The Hall–Kier alpha value is -3.32. The molecule has 0 saturated carbocycles. The topological polar surface area (TPSA) is 90.7 Å². The van der Waals surface area contributed by atoms with Crippen LogP contribution in [0.1, 0.15) is 16.7 Å². The zero-order valence-corrected chi connectivity index (χ0v) is 19.3. The van der Waals surface area contributed by atoms with Crippen molar-refractivity contribution in [2.45, 2.75) is 12.5 Å². The van der Waals surface area contributed by atoms with E-state index in [0.717, 1.165) is 16.8 Å². The Labute approximate surface area is 202 Å². The quantitative estimate of drug-likeness (QED) is 0.375. The average Bonchev–Trinajstić information content (AvgIpc) is 3.11. The zero-order valence-electron chi connectivity index (χ0n) is 17.7. The fourth-order valence-electron chi connectivity index (χ4n) is 3.44. The van der Waals surface area contributed by atoms with Gasteiger partial charge in [-0.05, 0) is 60.0 Å². The van der Waals surface area contributed by atoms with E-state index in [2.05, 4.69) is 10.1 Å². The van der Waals surface area contributed by atoms with Crippen molar-refractivity contribution in [2.24, 2.45) is 5.73 Å². The minimum absolute atomic E-state index is 0. The van der Waals surface area contributed by atoms with Gasteiger partial charge in [0.2, 0.25) is 0 Å². The molecule has 0 saturated heterocycles. The highest BCUT2D eigenvalue weighted by Gasteiger charge is 2.23. The summed E-state index contributed by atoms with van der Waals surface area (Å²) in [4.78, 5) is 23.8. The Morgan fingerprint density at radius 3 is 2.48 bits per heavy atom. The Bertz CT molecular complexity index is 1210. The summed E-state index contributed by atoms with van der Waals surface area (Å²) in [6, 6.07) is 19.4. The summed E-state index contributed by atoms with van der Waals surface area (Å²) in [6.07, 6.45) is 2.14. The lowest BCUT2D eigenvalue weighted by Gasteiger charge is -2.11. The molecule has 3 aromatic carbocycles. The van der Waals surface area contributed by atoms with Gasteiger partial charge in [0.05, 0.1) is 12.1 Å². The Kier molecular flexibility index (Phi) is 7.76. The van der Waals surface area contributed by atoms with Gasteiger partial charge in [-0.3, -0.25) is 9.59 Å². The number of hydrogen-bond donors (Lipinski definition) is 2. The lowest BCUT2D eigenvalue weighted by atomic mass is 10.0. The summed E-state index contributed by atoms with van der Waals surface area (Å²) in [7, 11) is 1.31. The third-order valence-corrected chi connectivity index (χ3v) is 5.43. The van der Waals surface area contributed by atoms with E-state index in [-0.39, 0.29) is 18.3 Å². The summed E-state index contributed by atoms with van der Waals surface area (Å²) >= 11 is 6.46. The number of nitrogens with one attached hydrogen (secondary N) is 1. The molecule has 8 heteroatoms. The second kappa shape index (κ2) is 10.5. The number of carbonyl (C=O) groups excluding carboxylic acids is 2. The number of esters is 1. The van der Waals surface area contributed by atoms with Crippen LogP contribution in [0.5, 0.6) is 11.5 Å². The number of hydrogen-bond acceptors (Lipinski definition) is 5. The van der Waals surface area contributed by atoms with E-state index in [0.29, 0.717) is 34.1 Å². The zero-order chi connectivity index (χ0) is 22.7. The number of methoxy groups -OCH3 is 1. The van der Waals surface area contributed by atoms with Crippen LogP contribution in [0, 0.1) is 0 Å². The molecule has 4 rings (SSSR count). The van der Waals surface area contributed by atoms with Gasteiger partial charge < -0.3 is 20.5 Å². The molecular formula is C25H22Cl2N2O4. The minimum Gasteiger partial charge on any atom is -0.468 e.